The number of rotatable bonds is 7. The van der Waals surface area contributed by atoms with E-state index in [1.807, 2.05) is 4.90 Å². The standard InChI is InChI=1S/C14H28N2O2/c1-3-5-12-7-9-16(10-8-12)14(17)13(15)6-4-11-18-2/h12-13H,3-11,15H2,1-2H3. The van der Waals surface area contributed by atoms with Crippen molar-refractivity contribution in [1.29, 1.82) is 0 Å². The predicted molar refractivity (Wildman–Crippen MR) is 73.3 cm³/mol. The van der Waals surface area contributed by atoms with E-state index in [4.69, 9.17) is 10.5 Å². The molecule has 1 atom stereocenters. The number of methoxy groups -OCH3 is 1. The average molecular weight is 256 g/mol. The number of carbonyl (C=O) groups excluding carboxylic acids is 1. The Hall–Kier alpha value is -0.610. The summed E-state index contributed by atoms with van der Waals surface area (Å²) in [5.74, 6) is 0.935. The second-order valence-electron chi connectivity index (χ2n) is 5.30. The van der Waals surface area contributed by atoms with E-state index in [9.17, 15) is 4.79 Å². The van der Waals surface area contributed by atoms with Crippen molar-refractivity contribution in [3.8, 4) is 0 Å². The molecule has 0 spiro atoms. The van der Waals surface area contributed by atoms with Crippen LogP contribution in [-0.4, -0.2) is 43.7 Å². The van der Waals surface area contributed by atoms with Gasteiger partial charge in [0.05, 0.1) is 6.04 Å². The lowest BCUT2D eigenvalue weighted by Gasteiger charge is -2.33. The first-order chi connectivity index (χ1) is 8.69. The van der Waals surface area contributed by atoms with Crippen LogP contribution in [0.25, 0.3) is 0 Å². The molecule has 0 saturated carbocycles. The molecule has 1 heterocycles. The molecular formula is C14H28N2O2. The molecule has 1 rings (SSSR count). The van der Waals surface area contributed by atoms with Crippen LogP contribution in [0, 0.1) is 5.92 Å². The molecule has 4 nitrogen and oxygen atoms in total. The number of hydrogen-bond donors (Lipinski definition) is 1. The summed E-state index contributed by atoms with van der Waals surface area (Å²) < 4.78 is 4.98. The molecule has 1 saturated heterocycles. The van der Waals surface area contributed by atoms with Crippen molar-refractivity contribution in [3.63, 3.8) is 0 Å². The summed E-state index contributed by atoms with van der Waals surface area (Å²) in [5, 5.41) is 0. The van der Waals surface area contributed by atoms with Crippen molar-refractivity contribution < 1.29 is 9.53 Å². The Kier molecular flexibility index (Phi) is 7.28. The number of piperidine rings is 1. The zero-order valence-corrected chi connectivity index (χ0v) is 11.9. The third-order valence-corrected chi connectivity index (χ3v) is 3.80. The lowest BCUT2D eigenvalue weighted by Crippen LogP contribution is -2.47. The van der Waals surface area contributed by atoms with Crippen LogP contribution in [0.4, 0.5) is 0 Å². The Morgan fingerprint density at radius 2 is 2.11 bits per heavy atom. The molecule has 1 amide bonds. The first kappa shape index (κ1) is 15.4. The first-order valence-corrected chi connectivity index (χ1v) is 7.22. The van der Waals surface area contributed by atoms with Gasteiger partial charge in [-0.25, -0.2) is 0 Å². The molecule has 0 bridgehead atoms. The highest BCUT2D eigenvalue weighted by molar-refractivity contribution is 5.81. The van der Waals surface area contributed by atoms with Crippen LogP contribution >= 0.6 is 0 Å². The number of nitrogens with two attached hydrogens (primary N) is 1. The molecule has 4 heteroatoms. The predicted octanol–water partition coefficient (Wildman–Crippen LogP) is 1.78. The van der Waals surface area contributed by atoms with Crippen LogP contribution in [0.5, 0.6) is 0 Å². The lowest BCUT2D eigenvalue weighted by atomic mass is 9.92. The molecule has 0 radical (unpaired) electrons. The third-order valence-electron chi connectivity index (χ3n) is 3.80. The SMILES string of the molecule is CCCC1CCN(C(=O)C(N)CCCOC)CC1. The zero-order chi connectivity index (χ0) is 13.4. The Morgan fingerprint density at radius 3 is 2.67 bits per heavy atom. The number of carbonyl (C=O) groups is 1. The summed E-state index contributed by atoms with van der Waals surface area (Å²) in [7, 11) is 1.67. The lowest BCUT2D eigenvalue weighted by molar-refractivity contribution is -0.134. The van der Waals surface area contributed by atoms with Gasteiger partial charge in [-0.15, -0.1) is 0 Å². The van der Waals surface area contributed by atoms with E-state index in [0.29, 0.717) is 6.61 Å². The molecule has 1 unspecified atom stereocenters. The van der Waals surface area contributed by atoms with Gasteiger partial charge >= 0.3 is 0 Å². The fourth-order valence-corrected chi connectivity index (χ4v) is 2.66. The summed E-state index contributed by atoms with van der Waals surface area (Å²) in [6.07, 6.45) is 6.41. The van der Waals surface area contributed by atoms with Crippen molar-refractivity contribution in [1.82, 2.24) is 4.90 Å². The van der Waals surface area contributed by atoms with E-state index < -0.39 is 0 Å². The highest BCUT2D eigenvalue weighted by atomic mass is 16.5. The normalized spacial score (nSPS) is 18.9. The second kappa shape index (κ2) is 8.48. The third kappa shape index (κ3) is 4.94. The number of amides is 1. The van der Waals surface area contributed by atoms with Gasteiger partial charge in [-0.3, -0.25) is 4.79 Å². The van der Waals surface area contributed by atoms with Gasteiger partial charge in [0.1, 0.15) is 0 Å². The summed E-state index contributed by atoms with van der Waals surface area (Å²) in [6.45, 7) is 4.69. The van der Waals surface area contributed by atoms with Gasteiger partial charge in [0.15, 0.2) is 0 Å². The van der Waals surface area contributed by atoms with E-state index in [1.165, 1.54) is 12.8 Å². The molecule has 106 valence electrons. The number of nitrogens with zero attached hydrogens (tertiary/aromatic N) is 1. The highest BCUT2D eigenvalue weighted by Crippen LogP contribution is 2.22. The van der Waals surface area contributed by atoms with Gasteiger partial charge in [-0.05, 0) is 31.6 Å². The largest absolute Gasteiger partial charge is 0.385 e. The summed E-state index contributed by atoms with van der Waals surface area (Å²) in [6, 6.07) is -0.345. The van der Waals surface area contributed by atoms with Gasteiger partial charge in [-0.2, -0.15) is 0 Å². The van der Waals surface area contributed by atoms with Crippen LogP contribution in [0.15, 0.2) is 0 Å². The molecule has 1 fully saturated rings. The Morgan fingerprint density at radius 1 is 1.44 bits per heavy atom. The second-order valence-corrected chi connectivity index (χ2v) is 5.30. The smallest absolute Gasteiger partial charge is 0.239 e. The monoisotopic (exact) mass is 256 g/mol. The van der Waals surface area contributed by atoms with Gasteiger partial charge in [0.25, 0.3) is 0 Å². The highest BCUT2D eigenvalue weighted by Gasteiger charge is 2.25. The van der Waals surface area contributed by atoms with Crippen molar-refractivity contribution in [2.24, 2.45) is 11.7 Å². The number of hydrogen-bond acceptors (Lipinski definition) is 3. The minimum atomic E-state index is -0.345. The maximum atomic E-state index is 12.1. The maximum absolute atomic E-state index is 12.1. The molecule has 1 aliphatic rings. The maximum Gasteiger partial charge on any atom is 0.239 e. The summed E-state index contributed by atoms with van der Waals surface area (Å²) in [4.78, 5) is 14.1. The van der Waals surface area contributed by atoms with Crippen LogP contribution < -0.4 is 5.73 Å². The van der Waals surface area contributed by atoms with Crippen LogP contribution in [0.1, 0.15) is 45.4 Å². The average Bonchev–Trinajstić information content (AvgIpc) is 2.39. The molecule has 0 aromatic carbocycles. The van der Waals surface area contributed by atoms with E-state index in [0.717, 1.165) is 44.7 Å². The van der Waals surface area contributed by atoms with E-state index in [2.05, 4.69) is 6.92 Å². The summed E-state index contributed by atoms with van der Waals surface area (Å²) in [5.41, 5.74) is 5.94. The molecule has 1 aliphatic heterocycles. The van der Waals surface area contributed by atoms with E-state index >= 15 is 0 Å². The number of likely N-dealkylation sites (tertiary alicyclic amines) is 1. The topological polar surface area (TPSA) is 55.6 Å². The van der Waals surface area contributed by atoms with Crippen molar-refractivity contribution in [2.45, 2.75) is 51.5 Å². The number of ether oxygens (including phenoxy) is 1. The fourth-order valence-electron chi connectivity index (χ4n) is 2.66. The molecular weight excluding hydrogens is 228 g/mol. The van der Waals surface area contributed by atoms with Crippen LogP contribution in [0.2, 0.25) is 0 Å². The summed E-state index contributed by atoms with van der Waals surface area (Å²) >= 11 is 0. The van der Waals surface area contributed by atoms with E-state index in [1.54, 1.807) is 7.11 Å². The minimum absolute atomic E-state index is 0.126. The first-order valence-electron chi connectivity index (χ1n) is 7.22. The van der Waals surface area contributed by atoms with Crippen molar-refractivity contribution in [2.75, 3.05) is 26.8 Å². The van der Waals surface area contributed by atoms with Gasteiger partial charge < -0.3 is 15.4 Å². The van der Waals surface area contributed by atoms with Crippen molar-refractivity contribution >= 4 is 5.91 Å². The van der Waals surface area contributed by atoms with Gasteiger partial charge in [0.2, 0.25) is 5.91 Å². The Labute approximate surface area is 111 Å². The van der Waals surface area contributed by atoms with Gasteiger partial charge in [0, 0.05) is 26.8 Å². The van der Waals surface area contributed by atoms with Crippen LogP contribution in [0.3, 0.4) is 0 Å². The zero-order valence-electron chi connectivity index (χ0n) is 11.9. The Bertz CT molecular complexity index is 238. The molecule has 0 aromatic heterocycles. The minimum Gasteiger partial charge on any atom is -0.385 e. The van der Waals surface area contributed by atoms with E-state index in [-0.39, 0.29) is 11.9 Å². The molecule has 0 aliphatic carbocycles. The Balaban J connectivity index is 2.26. The fraction of sp³-hybridized carbons (Fsp3) is 0.929. The van der Waals surface area contributed by atoms with Crippen LogP contribution in [-0.2, 0) is 9.53 Å². The van der Waals surface area contributed by atoms with Gasteiger partial charge in [-0.1, -0.05) is 19.8 Å². The molecule has 18 heavy (non-hydrogen) atoms. The molecule has 0 aromatic rings. The quantitative estimate of drug-likeness (QED) is 0.706. The van der Waals surface area contributed by atoms with Crippen molar-refractivity contribution in [3.05, 3.63) is 0 Å². The molecule has 2 N–H and O–H groups in total.